The maximum absolute atomic E-state index is 14.6. The van der Waals surface area contributed by atoms with Gasteiger partial charge in [-0.3, -0.25) is 0 Å². The van der Waals surface area contributed by atoms with E-state index >= 15 is 0 Å². The summed E-state index contributed by atoms with van der Waals surface area (Å²) in [5, 5.41) is 13.3. The third-order valence-corrected chi connectivity index (χ3v) is 6.44. The molecule has 1 N–H and O–H groups in total. The van der Waals surface area contributed by atoms with Crippen LogP contribution in [-0.2, 0) is 13.1 Å². The number of piperidine rings is 1. The minimum atomic E-state index is -4.40. The number of fused-ring (bicyclic) bond motifs is 1. The molecule has 11 heteroatoms. The lowest BCUT2D eigenvalue weighted by atomic mass is 10.0. The molecule has 0 radical (unpaired) electrons. The molecule has 174 valence electrons. The van der Waals surface area contributed by atoms with E-state index in [0.29, 0.717) is 46.8 Å². The quantitative estimate of drug-likeness (QED) is 0.547. The van der Waals surface area contributed by atoms with Crippen LogP contribution in [0.3, 0.4) is 0 Å². The fraction of sp³-hybridized carbons (Fsp3) is 0.524. The standard InChI is InChI=1S/C21H26F4N6S/c1-29(2)11-19-27-28-20(32-19)18-9-13-15(26-16-7-8-30(3)10-14(16)22)5-4-6-17(13)31(18)12-21(23,24)25/h4-6,9,14,16,26H,7-8,10-12H2,1-3H3/t14-,16+/m0/s1. The van der Waals surface area contributed by atoms with Crippen molar-refractivity contribution in [2.24, 2.45) is 0 Å². The topological polar surface area (TPSA) is 49.2 Å². The first-order valence-corrected chi connectivity index (χ1v) is 11.2. The van der Waals surface area contributed by atoms with Crippen LogP contribution in [0.5, 0.6) is 0 Å². The Morgan fingerprint density at radius 2 is 2.03 bits per heavy atom. The molecule has 2 aromatic heterocycles. The number of alkyl halides is 4. The molecule has 1 aliphatic heterocycles. The number of hydrogen-bond donors (Lipinski definition) is 1. The second-order valence-corrected chi connectivity index (χ2v) is 9.59. The number of aromatic nitrogens is 3. The van der Waals surface area contributed by atoms with Gasteiger partial charge in [-0.2, -0.15) is 13.2 Å². The molecule has 1 aromatic carbocycles. The number of halogens is 4. The molecule has 4 rings (SSSR count). The van der Waals surface area contributed by atoms with Crippen LogP contribution in [0, 0.1) is 0 Å². The maximum atomic E-state index is 14.6. The summed E-state index contributed by atoms with van der Waals surface area (Å²) in [4.78, 5) is 3.86. The van der Waals surface area contributed by atoms with Crippen LogP contribution in [0.15, 0.2) is 24.3 Å². The molecule has 0 bridgehead atoms. The first kappa shape index (κ1) is 22.9. The second-order valence-electron chi connectivity index (χ2n) is 8.53. The zero-order valence-electron chi connectivity index (χ0n) is 18.2. The minimum Gasteiger partial charge on any atom is -0.379 e. The lowest BCUT2D eigenvalue weighted by molar-refractivity contribution is -0.139. The average molecular weight is 471 g/mol. The number of anilines is 1. The zero-order chi connectivity index (χ0) is 23.0. The summed E-state index contributed by atoms with van der Waals surface area (Å²) >= 11 is 1.27. The Bertz CT molecular complexity index is 1080. The third-order valence-electron chi connectivity index (χ3n) is 5.51. The van der Waals surface area contributed by atoms with E-state index in [2.05, 4.69) is 15.5 Å². The molecular formula is C21H26F4N6S. The molecule has 0 spiro atoms. The largest absolute Gasteiger partial charge is 0.406 e. The Morgan fingerprint density at radius 3 is 2.72 bits per heavy atom. The lowest BCUT2D eigenvalue weighted by Crippen LogP contribution is -2.46. The van der Waals surface area contributed by atoms with E-state index < -0.39 is 18.9 Å². The van der Waals surface area contributed by atoms with Crippen molar-refractivity contribution in [2.45, 2.75) is 37.9 Å². The van der Waals surface area contributed by atoms with Crippen molar-refractivity contribution in [3.63, 3.8) is 0 Å². The average Bonchev–Trinajstić information content (AvgIpc) is 3.28. The van der Waals surface area contributed by atoms with Gasteiger partial charge in [0.2, 0.25) is 0 Å². The number of rotatable bonds is 6. The summed E-state index contributed by atoms with van der Waals surface area (Å²) in [5.41, 5.74) is 1.41. The van der Waals surface area contributed by atoms with Crippen molar-refractivity contribution in [2.75, 3.05) is 39.5 Å². The lowest BCUT2D eigenvalue weighted by Gasteiger charge is -2.33. The number of benzene rings is 1. The third kappa shape index (κ3) is 5.05. The van der Waals surface area contributed by atoms with Gasteiger partial charge in [0.05, 0.1) is 23.8 Å². The molecule has 1 aliphatic rings. The summed E-state index contributed by atoms with van der Waals surface area (Å²) in [6.07, 6.45) is -4.84. The highest BCUT2D eigenvalue weighted by molar-refractivity contribution is 7.14. The molecule has 6 nitrogen and oxygen atoms in total. The summed E-state index contributed by atoms with van der Waals surface area (Å²) in [5.74, 6) is 0. The van der Waals surface area contributed by atoms with Crippen molar-refractivity contribution in [1.82, 2.24) is 24.6 Å². The van der Waals surface area contributed by atoms with Crippen LogP contribution >= 0.6 is 11.3 Å². The number of nitrogens with zero attached hydrogens (tertiary/aromatic N) is 5. The smallest absolute Gasteiger partial charge is 0.379 e. The van der Waals surface area contributed by atoms with Gasteiger partial charge < -0.3 is 19.7 Å². The number of nitrogens with one attached hydrogen (secondary N) is 1. The summed E-state index contributed by atoms with van der Waals surface area (Å²) in [7, 11) is 5.65. The van der Waals surface area contributed by atoms with Crippen LogP contribution in [0.1, 0.15) is 11.4 Å². The van der Waals surface area contributed by atoms with E-state index in [1.807, 2.05) is 30.9 Å². The predicted molar refractivity (Wildman–Crippen MR) is 119 cm³/mol. The fourth-order valence-corrected chi connectivity index (χ4v) is 5.03. The molecule has 2 atom stereocenters. The zero-order valence-corrected chi connectivity index (χ0v) is 19.0. The Balaban J connectivity index is 1.75. The second kappa shape index (κ2) is 8.95. The minimum absolute atomic E-state index is 0.327. The molecule has 0 unspecified atom stereocenters. The monoisotopic (exact) mass is 470 g/mol. The number of hydrogen-bond acceptors (Lipinski definition) is 6. The summed E-state index contributed by atoms with van der Waals surface area (Å²) < 4.78 is 56.2. The molecule has 1 fully saturated rings. The first-order chi connectivity index (χ1) is 15.1. The van der Waals surface area contributed by atoms with Gasteiger partial charge in [-0.25, -0.2) is 4.39 Å². The molecule has 0 saturated carbocycles. The van der Waals surface area contributed by atoms with Gasteiger partial charge in [-0.15, -0.1) is 10.2 Å². The van der Waals surface area contributed by atoms with Crippen molar-refractivity contribution >= 4 is 27.9 Å². The highest BCUT2D eigenvalue weighted by atomic mass is 32.1. The molecule has 3 aromatic rings. The maximum Gasteiger partial charge on any atom is 0.406 e. The molecule has 0 aliphatic carbocycles. The predicted octanol–water partition coefficient (Wildman–Crippen LogP) is 4.24. The van der Waals surface area contributed by atoms with E-state index in [0.717, 1.165) is 11.6 Å². The molecular weight excluding hydrogens is 444 g/mol. The van der Waals surface area contributed by atoms with Crippen molar-refractivity contribution < 1.29 is 17.6 Å². The van der Waals surface area contributed by atoms with E-state index in [4.69, 9.17) is 0 Å². The Kier molecular flexibility index (Phi) is 6.42. The highest BCUT2D eigenvalue weighted by Gasteiger charge is 2.32. The highest BCUT2D eigenvalue weighted by Crippen LogP contribution is 2.36. The van der Waals surface area contributed by atoms with E-state index in [-0.39, 0.29) is 6.04 Å². The fourth-order valence-electron chi connectivity index (χ4n) is 4.05. The number of likely N-dealkylation sites (tertiary alicyclic amines) is 1. The van der Waals surface area contributed by atoms with Gasteiger partial charge >= 0.3 is 6.18 Å². The van der Waals surface area contributed by atoms with Crippen LogP contribution in [0.4, 0.5) is 23.2 Å². The van der Waals surface area contributed by atoms with E-state index in [1.54, 1.807) is 24.3 Å². The SMILES string of the molecule is CN(C)Cc1nnc(-c2cc3c(N[C@@H]4CCN(C)C[C@@H]4F)cccc3n2CC(F)(F)F)s1. The van der Waals surface area contributed by atoms with Crippen LogP contribution in [0.25, 0.3) is 21.6 Å². The van der Waals surface area contributed by atoms with Gasteiger partial charge in [0.25, 0.3) is 0 Å². The summed E-state index contributed by atoms with van der Waals surface area (Å²) in [6, 6.07) is 6.44. The van der Waals surface area contributed by atoms with Gasteiger partial charge in [0.1, 0.15) is 17.7 Å². The molecule has 0 amide bonds. The Morgan fingerprint density at radius 1 is 1.25 bits per heavy atom. The molecule has 1 saturated heterocycles. The van der Waals surface area contributed by atoms with Crippen molar-refractivity contribution in [1.29, 1.82) is 0 Å². The molecule has 3 heterocycles. The van der Waals surface area contributed by atoms with E-state index in [9.17, 15) is 17.6 Å². The van der Waals surface area contributed by atoms with Crippen LogP contribution in [0.2, 0.25) is 0 Å². The van der Waals surface area contributed by atoms with Gasteiger partial charge in [-0.05, 0) is 45.8 Å². The normalized spacial score (nSPS) is 20.4. The van der Waals surface area contributed by atoms with Gasteiger partial charge in [-0.1, -0.05) is 17.4 Å². The van der Waals surface area contributed by atoms with Gasteiger partial charge in [0.15, 0.2) is 5.01 Å². The van der Waals surface area contributed by atoms with Crippen molar-refractivity contribution in [3.8, 4) is 10.7 Å². The van der Waals surface area contributed by atoms with Gasteiger partial charge in [0, 0.05) is 24.2 Å². The molecule has 32 heavy (non-hydrogen) atoms. The van der Waals surface area contributed by atoms with Crippen LogP contribution < -0.4 is 5.32 Å². The first-order valence-electron chi connectivity index (χ1n) is 10.4. The van der Waals surface area contributed by atoms with Crippen molar-refractivity contribution in [3.05, 3.63) is 29.3 Å². The Labute approximate surface area is 187 Å². The van der Waals surface area contributed by atoms with Crippen LogP contribution in [-0.4, -0.2) is 77.2 Å². The van der Waals surface area contributed by atoms with E-state index in [1.165, 1.54) is 15.9 Å². The summed E-state index contributed by atoms with van der Waals surface area (Å²) in [6.45, 7) is 0.497. The Hall–Kier alpha value is -2.24.